The minimum atomic E-state index is -0.112. The second-order valence-electron chi connectivity index (χ2n) is 7.82. The molecule has 1 aromatic carbocycles. The summed E-state index contributed by atoms with van der Waals surface area (Å²) in [6, 6.07) is 9.79. The monoisotopic (exact) mass is 386 g/mol. The number of carbonyl (C=O) groups excluding carboxylic acids is 1. The summed E-state index contributed by atoms with van der Waals surface area (Å²) in [6.45, 7) is 2.83. The lowest BCUT2D eigenvalue weighted by Crippen LogP contribution is -2.08. The molecule has 0 N–H and O–H groups in total. The van der Waals surface area contributed by atoms with E-state index in [0.29, 0.717) is 13.0 Å². The second kappa shape index (κ2) is 18.8. The van der Waals surface area contributed by atoms with E-state index < -0.39 is 0 Å². The van der Waals surface area contributed by atoms with Gasteiger partial charge in [0.2, 0.25) is 0 Å². The highest BCUT2D eigenvalue weighted by Gasteiger charge is 2.03. The van der Waals surface area contributed by atoms with E-state index in [1.54, 1.807) is 0 Å². The molecule has 0 saturated carbocycles. The van der Waals surface area contributed by atoms with Crippen molar-refractivity contribution in [2.75, 3.05) is 6.61 Å². The van der Waals surface area contributed by atoms with Crippen LogP contribution in [0.5, 0.6) is 0 Å². The van der Waals surface area contributed by atoms with Crippen molar-refractivity contribution in [3.05, 3.63) is 48.0 Å². The van der Waals surface area contributed by atoms with Crippen molar-refractivity contribution in [2.45, 2.75) is 103 Å². The van der Waals surface area contributed by atoms with Gasteiger partial charge in [0.1, 0.15) is 0 Å². The molecule has 0 aliphatic carbocycles. The summed E-state index contributed by atoms with van der Waals surface area (Å²) in [7, 11) is 0. The number of hydrogen-bond acceptors (Lipinski definition) is 2. The van der Waals surface area contributed by atoms with Crippen LogP contribution < -0.4 is 0 Å². The van der Waals surface area contributed by atoms with Crippen molar-refractivity contribution in [3.63, 3.8) is 0 Å². The quantitative estimate of drug-likeness (QED) is 0.146. The molecule has 0 aliphatic heterocycles. The fourth-order valence-corrected chi connectivity index (χ4v) is 3.35. The molecule has 2 heteroatoms. The van der Waals surface area contributed by atoms with Crippen molar-refractivity contribution in [1.82, 2.24) is 0 Å². The molecular weight excluding hydrogens is 344 g/mol. The first-order valence-corrected chi connectivity index (χ1v) is 11.7. The number of unbranched alkanes of at least 4 members (excludes halogenated alkanes) is 12. The second-order valence-corrected chi connectivity index (χ2v) is 7.82. The first kappa shape index (κ1) is 24.5. The Morgan fingerprint density at radius 3 is 1.89 bits per heavy atom. The van der Waals surface area contributed by atoms with Crippen LogP contribution in [0.1, 0.15) is 102 Å². The minimum absolute atomic E-state index is 0.112. The molecular formula is C26H42O2. The zero-order chi connectivity index (χ0) is 20.1. The zero-order valence-corrected chi connectivity index (χ0v) is 18.2. The van der Waals surface area contributed by atoms with Crippen molar-refractivity contribution < 1.29 is 9.53 Å². The Kier molecular flexibility index (Phi) is 16.4. The number of rotatable bonds is 18. The van der Waals surface area contributed by atoms with Gasteiger partial charge in [-0.15, -0.1) is 0 Å². The zero-order valence-electron chi connectivity index (χ0n) is 18.2. The SMILES string of the molecule is CCCCCCCC/C=C\CCCCCCCCOC(=O)Cc1ccccc1. The molecule has 0 aromatic heterocycles. The molecule has 0 unspecified atom stereocenters. The molecule has 1 aromatic rings. The summed E-state index contributed by atoms with van der Waals surface area (Å²) in [5.74, 6) is -0.112. The van der Waals surface area contributed by atoms with E-state index in [4.69, 9.17) is 4.74 Å². The fourth-order valence-electron chi connectivity index (χ4n) is 3.35. The number of esters is 1. The van der Waals surface area contributed by atoms with Crippen molar-refractivity contribution in [1.29, 1.82) is 0 Å². The van der Waals surface area contributed by atoms with E-state index in [1.165, 1.54) is 77.0 Å². The maximum atomic E-state index is 11.7. The van der Waals surface area contributed by atoms with Crippen LogP contribution in [-0.2, 0) is 16.0 Å². The van der Waals surface area contributed by atoms with Gasteiger partial charge in [0.25, 0.3) is 0 Å². The van der Waals surface area contributed by atoms with Crippen LogP contribution >= 0.6 is 0 Å². The van der Waals surface area contributed by atoms with Gasteiger partial charge in [-0.2, -0.15) is 0 Å². The molecule has 0 spiro atoms. The maximum Gasteiger partial charge on any atom is 0.310 e. The normalized spacial score (nSPS) is 11.2. The molecule has 0 aliphatic rings. The first-order chi connectivity index (χ1) is 13.8. The molecule has 158 valence electrons. The summed E-state index contributed by atoms with van der Waals surface area (Å²) in [5.41, 5.74) is 1.02. The molecule has 2 nitrogen and oxygen atoms in total. The fraction of sp³-hybridized carbons (Fsp3) is 0.654. The van der Waals surface area contributed by atoms with Crippen LogP contribution in [0.3, 0.4) is 0 Å². The van der Waals surface area contributed by atoms with Gasteiger partial charge in [0, 0.05) is 0 Å². The van der Waals surface area contributed by atoms with Crippen LogP contribution in [0.15, 0.2) is 42.5 Å². The molecule has 0 atom stereocenters. The van der Waals surface area contributed by atoms with Gasteiger partial charge in [0.05, 0.1) is 13.0 Å². The van der Waals surface area contributed by atoms with Gasteiger partial charge in [0.15, 0.2) is 0 Å². The van der Waals surface area contributed by atoms with Crippen LogP contribution in [-0.4, -0.2) is 12.6 Å². The van der Waals surface area contributed by atoms with Gasteiger partial charge in [-0.1, -0.05) is 107 Å². The van der Waals surface area contributed by atoms with Gasteiger partial charge in [-0.05, 0) is 37.7 Å². The third-order valence-electron chi connectivity index (χ3n) is 5.11. The number of allylic oxidation sites excluding steroid dienone is 2. The highest BCUT2D eigenvalue weighted by atomic mass is 16.5. The minimum Gasteiger partial charge on any atom is -0.465 e. The van der Waals surface area contributed by atoms with Gasteiger partial charge >= 0.3 is 5.97 Å². The van der Waals surface area contributed by atoms with E-state index >= 15 is 0 Å². The molecule has 0 radical (unpaired) electrons. The molecule has 0 heterocycles. The summed E-state index contributed by atoms with van der Waals surface area (Å²) in [6.07, 6.45) is 23.2. The van der Waals surface area contributed by atoms with Gasteiger partial charge in [-0.3, -0.25) is 4.79 Å². The molecule has 0 bridgehead atoms. The van der Waals surface area contributed by atoms with Crippen LogP contribution in [0, 0.1) is 0 Å². The highest BCUT2D eigenvalue weighted by Crippen LogP contribution is 2.10. The third-order valence-corrected chi connectivity index (χ3v) is 5.11. The Hall–Kier alpha value is -1.57. The Morgan fingerprint density at radius 2 is 1.29 bits per heavy atom. The van der Waals surface area contributed by atoms with E-state index in [2.05, 4.69) is 19.1 Å². The number of ether oxygens (including phenoxy) is 1. The van der Waals surface area contributed by atoms with Crippen molar-refractivity contribution in [2.24, 2.45) is 0 Å². The summed E-state index contributed by atoms with van der Waals surface area (Å²) in [4.78, 5) is 11.7. The molecule has 0 amide bonds. The lowest BCUT2D eigenvalue weighted by atomic mass is 10.1. The first-order valence-electron chi connectivity index (χ1n) is 11.7. The summed E-state index contributed by atoms with van der Waals surface area (Å²) < 4.78 is 5.32. The van der Waals surface area contributed by atoms with Crippen LogP contribution in [0.25, 0.3) is 0 Å². The standard InChI is InChI=1S/C26H42O2/c1-2-3-4-5-6-7-8-9-10-11-12-13-14-15-16-20-23-28-26(27)24-25-21-18-17-19-22-25/h9-10,17-19,21-22H,2-8,11-16,20,23-24H2,1H3/b10-9-. The molecule has 0 saturated heterocycles. The summed E-state index contributed by atoms with van der Waals surface area (Å²) in [5, 5.41) is 0. The number of carbonyl (C=O) groups is 1. The van der Waals surface area contributed by atoms with Gasteiger partial charge < -0.3 is 4.74 Å². The number of hydrogen-bond donors (Lipinski definition) is 0. The molecule has 28 heavy (non-hydrogen) atoms. The Balaban J connectivity index is 1.79. The third kappa shape index (κ3) is 15.5. The Morgan fingerprint density at radius 1 is 0.750 bits per heavy atom. The molecule has 0 fully saturated rings. The maximum absolute atomic E-state index is 11.7. The lowest BCUT2D eigenvalue weighted by Gasteiger charge is -2.05. The van der Waals surface area contributed by atoms with E-state index in [1.807, 2.05) is 30.3 Å². The Labute approximate surface area is 173 Å². The molecule has 1 rings (SSSR count). The highest BCUT2D eigenvalue weighted by molar-refractivity contribution is 5.72. The largest absolute Gasteiger partial charge is 0.465 e. The van der Waals surface area contributed by atoms with Crippen LogP contribution in [0.4, 0.5) is 0 Å². The lowest BCUT2D eigenvalue weighted by molar-refractivity contribution is -0.142. The van der Waals surface area contributed by atoms with E-state index in [-0.39, 0.29) is 5.97 Å². The smallest absolute Gasteiger partial charge is 0.310 e. The predicted octanol–water partition coefficient (Wildman–Crippen LogP) is 7.81. The van der Waals surface area contributed by atoms with E-state index in [9.17, 15) is 4.79 Å². The van der Waals surface area contributed by atoms with Crippen LogP contribution in [0.2, 0.25) is 0 Å². The van der Waals surface area contributed by atoms with Crippen molar-refractivity contribution >= 4 is 5.97 Å². The van der Waals surface area contributed by atoms with E-state index in [0.717, 1.165) is 18.4 Å². The Bertz CT molecular complexity index is 492. The average Bonchev–Trinajstić information content (AvgIpc) is 2.71. The van der Waals surface area contributed by atoms with Crippen molar-refractivity contribution in [3.8, 4) is 0 Å². The summed E-state index contributed by atoms with van der Waals surface area (Å²) >= 11 is 0. The number of benzene rings is 1. The average molecular weight is 387 g/mol. The van der Waals surface area contributed by atoms with Gasteiger partial charge in [-0.25, -0.2) is 0 Å². The predicted molar refractivity (Wildman–Crippen MR) is 121 cm³/mol. The topological polar surface area (TPSA) is 26.3 Å².